The number of para-hydroxylation sites is 1. The molecule has 0 bridgehead atoms. The number of likely N-dealkylation sites (tertiary alicyclic amines) is 1. The summed E-state index contributed by atoms with van der Waals surface area (Å²) in [5.74, 6) is -0.0465. The van der Waals surface area contributed by atoms with Gasteiger partial charge in [-0.1, -0.05) is 23.5 Å². The number of hydrogen-bond donors (Lipinski definition) is 1. The molecule has 8 heteroatoms. The zero-order valence-corrected chi connectivity index (χ0v) is 13.9. The number of aromatic nitrogens is 3. The largest absolute Gasteiger partial charge is 0.299 e. The van der Waals surface area contributed by atoms with Crippen molar-refractivity contribution in [2.45, 2.75) is 18.9 Å². The first-order valence-corrected chi connectivity index (χ1v) is 9.15. The Hall–Kier alpha value is -1.90. The molecule has 6 nitrogen and oxygen atoms in total. The third-order valence-electron chi connectivity index (χ3n) is 3.91. The summed E-state index contributed by atoms with van der Waals surface area (Å²) < 4.78 is 1.20. The normalized spacial score (nSPS) is 18.5. The number of thiazole rings is 1. The highest BCUT2D eigenvalue weighted by molar-refractivity contribution is 7.18. The Morgan fingerprint density at radius 3 is 3.13 bits per heavy atom. The molecule has 0 radical (unpaired) electrons. The van der Waals surface area contributed by atoms with Crippen LogP contribution < -0.4 is 5.32 Å². The maximum Gasteiger partial charge on any atom is 0.240 e. The molecule has 23 heavy (non-hydrogen) atoms. The SMILES string of the molecule is O=C(CN1CCCC1c1nc2ccccc2s1)Nc1nncs1. The van der Waals surface area contributed by atoms with Crippen LogP contribution in [0.1, 0.15) is 23.9 Å². The zero-order chi connectivity index (χ0) is 15.6. The number of rotatable bonds is 4. The van der Waals surface area contributed by atoms with Crippen molar-refractivity contribution in [3.63, 3.8) is 0 Å². The monoisotopic (exact) mass is 345 g/mol. The molecule has 3 heterocycles. The van der Waals surface area contributed by atoms with E-state index >= 15 is 0 Å². The van der Waals surface area contributed by atoms with E-state index in [-0.39, 0.29) is 11.9 Å². The lowest BCUT2D eigenvalue weighted by Crippen LogP contribution is -2.32. The van der Waals surface area contributed by atoms with Gasteiger partial charge >= 0.3 is 0 Å². The Morgan fingerprint density at radius 2 is 2.30 bits per heavy atom. The van der Waals surface area contributed by atoms with Gasteiger partial charge in [-0.3, -0.25) is 15.0 Å². The quantitative estimate of drug-likeness (QED) is 0.787. The van der Waals surface area contributed by atoms with E-state index in [2.05, 4.69) is 26.5 Å². The van der Waals surface area contributed by atoms with Crippen LogP contribution in [0.5, 0.6) is 0 Å². The first-order valence-electron chi connectivity index (χ1n) is 7.45. The van der Waals surface area contributed by atoms with E-state index in [0.29, 0.717) is 11.7 Å². The van der Waals surface area contributed by atoms with Gasteiger partial charge in [0.1, 0.15) is 10.5 Å². The number of nitrogens with zero attached hydrogens (tertiary/aromatic N) is 4. The number of nitrogens with one attached hydrogen (secondary N) is 1. The van der Waals surface area contributed by atoms with Crippen molar-refractivity contribution in [1.29, 1.82) is 0 Å². The topological polar surface area (TPSA) is 71.0 Å². The molecular formula is C15H15N5OS2. The summed E-state index contributed by atoms with van der Waals surface area (Å²) in [6, 6.07) is 8.40. The minimum absolute atomic E-state index is 0.0465. The second kappa shape index (κ2) is 6.31. The molecule has 1 saturated heterocycles. The van der Waals surface area contributed by atoms with Crippen LogP contribution in [0, 0.1) is 0 Å². The third-order valence-corrected chi connectivity index (χ3v) is 5.66. The van der Waals surface area contributed by atoms with E-state index in [4.69, 9.17) is 4.98 Å². The lowest BCUT2D eigenvalue weighted by atomic mass is 10.2. The van der Waals surface area contributed by atoms with Crippen LogP contribution in [0.3, 0.4) is 0 Å². The first kappa shape index (κ1) is 14.7. The molecule has 1 N–H and O–H groups in total. The van der Waals surface area contributed by atoms with Gasteiger partial charge in [-0.2, -0.15) is 0 Å². The molecule has 1 unspecified atom stereocenters. The molecule has 0 spiro atoms. The Morgan fingerprint density at radius 1 is 1.39 bits per heavy atom. The Bertz CT molecular complexity index is 783. The standard InChI is InChI=1S/C15H15N5OS2/c21-13(18-15-19-16-9-22-15)8-20-7-3-5-11(20)14-17-10-4-1-2-6-12(10)23-14/h1-2,4,6,9,11H,3,5,7-8H2,(H,18,19,21). The van der Waals surface area contributed by atoms with Crippen LogP contribution in [0.2, 0.25) is 0 Å². The summed E-state index contributed by atoms with van der Waals surface area (Å²) in [6.45, 7) is 1.28. The highest BCUT2D eigenvalue weighted by atomic mass is 32.1. The van der Waals surface area contributed by atoms with Gasteiger partial charge in [0.05, 0.1) is 22.8 Å². The highest BCUT2D eigenvalue weighted by Gasteiger charge is 2.30. The summed E-state index contributed by atoms with van der Waals surface area (Å²) in [5.41, 5.74) is 2.65. The molecule has 1 aromatic carbocycles. The molecule has 0 saturated carbocycles. The van der Waals surface area contributed by atoms with Crippen LogP contribution in [-0.4, -0.2) is 39.1 Å². The van der Waals surface area contributed by atoms with Crippen molar-refractivity contribution in [3.05, 3.63) is 34.8 Å². The summed E-state index contributed by atoms with van der Waals surface area (Å²) >= 11 is 3.05. The molecule has 3 aromatic rings. The second-order valence-corrected chi connectivity index (χ2v) is 7.34. The van der Waals surface area contributed by atoms with E-state index in [0.717, 1.165) is 29.9 Å². The lowest BCUT2D eigenvalue weighted by molar-refractivity contribution is -0.117. The van der Waals surface area contributed by atoms with Crippen molar-refractivity contribution in [1.82, 2.24) is 20.1 Å². The minimum atomic E-state index is -0.0465. The average molecular weight is 345 g/mol. The van der Waals surface area contributed by atoms with Crippen LogP contribution in [0.15, 0.2) is 29.8 Å². The summed E-state index contributed by atoms with van der Waals surface area (Å²) in [5, 5.41) is 12.0. The maximum atomic E-state index is 12.2. The molecule has 1 amide bonds. The van der Waals surface area contributed by atoms with Gasteiger partial charge in [-0.05, 0) is 31.5 Å². The number of hydrogen-bond acceptors (Lipinski definition) is 7. The third kappa shape index (κ3) is 3.10. The fourth-order valence-electron chi connectivity index (χ4n) is 2.90. The summed E-state index contributed by atoms with van der Waals surface area (Å²) in [7, 11) is 0. The van der Waals surface area contributed by atoms with Crippen LogP contribution in [0.4, 0.5) is 5.13 Å². The number of fused-ring (bicyclic) bond motifs is 1. The predicted octanol–water partition coefficient (Wildman–Crippen LogP) is 2.92. The maximum absolute atomic E-state index is 12.2. The van der Waals surface area contributed by atoms with E-state index in [9.17, 15) is 4.79 Å². The molecule has 1 atom stereocenters. The van der Waals surface area contributed by atoms with Crippen molar-refractivity contribution in [3.8, 4) is 0 Å². The lowest BCUT2D eigenvalue weighted by Gasteiger charge is -2.21. The number of amides is 1. The van der Waals surface area contributed by atoms with E-state index < -0.39 is 0 Å². The Balaban J connectivity index is 1.48. The smallest absolute Gasteiger partial charge is 0.240 e. The minimum Gasteiger partial charge on any atom is -0.299 e. The molecule has 1 aliphatic rings. The van der Waals surface area contributed by atoms with Gasteiger partial charge in [-0.25, -0.2) is 4.98 Å². The van der Waals surface area contributed by atoms with Crippen molar-refractivity contribution in [2.75, 3.05) is 18.4 Å². The van der Waals surface area contributed by atoms with Crippen LogP contribution >= 0.6 is 22.7 Å². The van der Waals surface area contributed by atoms with Gasteiger partial charge in [0.25, 0.3) is 0 Å². The van der Waals surface area contributed by atoms with E-state index in [1.54, 1.807) is 16.8 Å². The van der Waals surface area contributed by atoms with Crippen molar-refractivity contribution < 1.29 is 4.79 Å². The zero-order valence-electron chi connectivity index (χ0n) is 12.3. The summed E-state index contributed by atoms with van der Waals surface area (Å²) in [6.07, 6.45) is 2.14. The van der Waals surface area contributed by atoms with Gasteiger partial charge < -0.3 is 0 Å². The Kier molecular flexibility index (Phi) is 4.02. The fraction of sp³-hybridized carbons (Fsp3) is 0.333. The number of carbonyl (C=O) groups is 1. The second-order valence-electron chi connectivity index (χ2n) is 5.44. The Labute approximate surface area is 141 Å². The predicted molar refractivity (Wildman–Crippen MR) is 91.7 cm³/mol. The highest BCUT2D eigenvalue weighted by Crippen LogP contribution is 2.36. The van der Waals surface area contributed by atoms with Crippen LogP contribution in [0.25, 0.3) is 10.2 Å². The number of carbonyl (C=O) groups excluding carboxylic acids is 1. The van der Waals surface area contributed by atoms with Gasteiger partial charge in [-0.15, -0.1) is 21.5 Å². The average Bonchev–Trinajstić information content (AvgIpc) is 3.26. The van der Waals surface area contributed by atoms with E-state index in [1.807, 2.05) is 18.2 Å². The van der Waals surface area contributed by atoms with Crippen molar-refractivity contribution >= 4 is 43.9 Å². The molecule has 0 aliphatic carbocycles. The molecule has 2 aromatic heterocycles. The molecule has 1 fully saturated rings. The van der Waals surface area contributed by atoms with Gasteiger partial charge in [0, 0.05) is 0 Å². The van der Waals surface area contributed by atoms with Gasteiger partial charge in [0.2, 0.25) is 11.0 Å². The van der Waals surface area contributed by atoms with E-state index in [1.165, 1.54) is 16.0 Å². The molecule has 4 rings (SSSR count). The first-order chi connectivity index (χ1) is 11.3. The number of anilines is 1. The molecular weight excluding hydrogens is 330 g/mol. The fourth-order valence-corrected chi connectivity index (χ4v) is 4.50. The van der Waals surface area contributed by atoms with Crippen molar-refractivity contribution in [2.24, 2.45) is 0 Å². The molecule has 1 aliphatic heterocycles. The summed E-state index contributed by atoms with van der Waals surface area (Å²) in [4.78, 5) is 19.1. The molecule has 118 valence electrons. The number of benzene rings is 1. The van der Waals surface area contributed by atoms with Gasteiger partial charge in [0.15, 0.2) is 0 Å². The van der Waals surface area contributed by atoms with Crippen LogP contribution in [-0.2, 0) is 4.79 Å².